The molecule has 1 unspecified atom stereocenters. The molecule has 1 aromatic rings. The van der Waals surface area contributed by atoms with E-state index in [0.29, 0.717) is 18.8 Å². The van der Waals surface area contributed by atoms with Crippen LogP contribution in [-0.2, 0) is 6.54 Å². The third-order valence-corrected chi connectivity index (χ3v) is 2.93. The fourth-order valence-electron chi connectivity index (χ4n) is 1.98. The van der Waals surface area contributed by atoms with Crippen molar-refractivity contribution < 1.29 is 18.3 Å². The van der Waals surface area contributed by atoms with Gasteiger partial charge in [-0.2, -0.15) is 13.2 Å². The normalized spacial score (nSPS) is 21.9. The molecular weight excluding hydrogens is 233 g/mol. The summed E-state index contributed by atoms with van der Waals surface area (Å²) in [5, 5.41) is 9.04. The van der Waals surface area contributed by atoms with Gasteiger partial charge in [0.1, 0.15) is 5.75 Å². The Balaban J connectivity index is 1.92. The summed E-state index contributed by atoms with van der Waals surface area (Å²) in [5.74, 6) is -1.16. The SMILES string of the molecule is Oc1ccc(CN2CCC(C(F)(F)F)C2)nc1. The van der Waals surface area contributed by atoms with Gasteiger partial charge in [-0.25, -0.2) is 0 Å². The van der Waals surface area contributed by atoms with Gasteiger partial charge in [0.2, 0.25) is 0 Å². The van der Waals surface area contributed by atoms with Crippen LogP contribution in [-0.4, -0.2) is 34.3 Å². The van der Waals surface area contributed by atoms with Crippen molar-refractivity contribution in [3.63, 3.8) is 0 Å². The number of likely N-dealkylation sites (tertiary alicyclic amines) is 1. The number of hydrogen-bond acceptors (Lipinski definition) is 3. The molecule has 0 saturated carbocycles. The molecule has 1 aliphatic rings. The van der Waals surface area contributed by atoms with Crippen LogP contribution in [0, 0.1) is 5.92 Å². The van der Waals surface area contributed by atoms with Gasteiger partial charge >= 0.3 is 6.18 Å². The predicted molar refractivity (Wildman–Crippen MR) is 55.3 cm³/mol. The van der Waals surface area contributed by atoms with Gasteiger partial charge in [-0.05, 0) is 25.1 Å². The first-order valence-corrected chi connectivity index (χ1v) is 5.38. The summed E-state index contributed by atoms with van der Waals surface area (Å²) < 4.78 is 37.4. The van der Waals surface area contributed by atoms with E-state index in [0.717, 1.165) is 0 Å². The van der Waals surface area contributed by atoms with E-state index >= 15 is 0 Å². The summed E-state index contributed by atoms with van der Waals surface area (Å²) in [6.45, 7) is 0.867. The molecule has 1 atom stereocenters. The summed E-state index contributed by atoms with van der Waals surface area (Å²) in [5.41, 5.74) is 0.672. The summed E-state index contributed by atoms with van der Waals surface area (Å²) in [7, 11) is 0. The van der Waals surface area contributed by atoms with Crippen molar-refractivity contribution in [3.05, 3.63) is 24.0 Å². The van der Waals surface area contributed by atoms with Crippen LogP contribution in [0.15, 0.2) is 18.3 Å². The van der Waals surface area contributed by atoms with Gasteiger partial charge in [-0.15, -0.1) is 0 Å². The van der Waals surface area contributed by atoms with Crippen LogP contribution in [0.3, 0.4) is 0 Å². The topological polar surface area (TPSA) is 36.4 Å². The number of hydrogen-bond donors (Lipinski definition) is 1. The zero-order chi connectivity index (χ0) is 12.5. The van der Waals surface area contributed by atoms with E-state index < -0.39 is 12.1 Å². The maximum atomic E-state index is 12.5. The van der Waals surface area contributed by atoms with Gasteiger partial charge in [0.25, 0.3) is 0 Å². The Kier molecular flexibility index (Phi) is 3.24. The summed E-state index contributed by atoms with van der Waals surface area (Å²) in [6, 6.07) is 3.11. The van der Waals surface area contributed by atoms with Crippen LogP contribution >= 0.6 is 0 Å². The molecule has 2 rings (SSSR count). The Hall–Kier alpha value is -1.30. The highest BCUT2D eigenvalue weighted by Gasteiger charge is 2.43. The molecular formula is C11H13F3N2O. The molecule has 0 bridgehead atoms. The number of aromatic nitrogens is 1. The van der Waals surface area contributed by atoms with Gasteiger partial charge in [0.15, 0.2) is 0 Å². The zero-order valence-corrected chi connectivity index (χ0v) is 9.11. The first kappa shape index (κ1) is 12.2. The van der Waals surface area contributed by atoms with Crippen LogP contribution in [0.4, 0.5) is 13.2 Å². The molecule has 0 amide bonds. The van der Waals surface area contributed by atoms with E-state index in [1.807, 2.05) is 0 Å². The number of aromatic hydroxyl groups is 1. The maximum Gasteiger partial charge on any atom is 0.393 e. The van der Waals surface area contributed by atoms with E-state index in [1.54, 1.807) is 11.0 Å². The van der Waals surface area contributed by atoms with Crippen molar-refractivity contribution in [1.29, 1.82) is 0 Å². The van der Waals surface area contributed by atoms with E-state index in [9.17, 15) is 13.2 Å². The van der Waals surface area contributed by atoms with Crippen molar-refractivity contribution in [2.45, 2.75) is 19.1 Å². The van der Waals surface area contributed by atoms with Crippen molar-refractivity contribution in [2.24, 2.45) is 5.92 Å². The molecule has 0 aromatic carbocycles. The van der Waals surface area contributed by atoms with E-state index in [4.69, 9.17) is 5.11 Å². The molecule has 1 aromatic heterocycles. The highest BCUT2D eigenvalue weighted by Crippen LogP contribution is 2.33. The molecule has 1 aliphatic heterocycles. The second kappa shape index (κ2) is 4.52. The monoisotopic (exact) mass is 246 g/mol. The lowest BCUT2D eigenvalue weighted by molar-refractivity contribution is -0.170. The summed E-state index contributed by atoms with van der Waals surface area (Å²) in [6.07, 6.45) is -2.65. The minimum absolute atomic E-state index is 0.0338. The Morgan fingerprint density at radius 3 is 2.71 bits per heavy atom. The predicted octanol–water partition coefficient (Wildman–Crippen LogP) is 2.17. The van der Waals surface area contributed by atoms with Crippen molar-refractivity contribution in [2.75, 3.05) is 13.1 Å². The molecule has 0 aliphatic carbocycles. The second-order valence-electron chi connectivity index (χ2n) is 4.27. The fourth-order valence-corrected chi connectivity index (χ4v) is 1.98. The third-order valence-electron chi connectivity index (χ3n) is 2.93. The van der Waals surface area contributed by atoms with Crippen LogP contribution in [0.2, 0.25) is 0 Å². The van der Waals surface area contributed by atoms with E-state index in [1.165, 1.54) is 12.3 Å². The van der Waals surface area contributed by atoms with Crippen molar-refractivity contribution >= 4 is 0 Å². The van der Waals surface area contributed by atoms with Crippen LogP contribution in [0.1, 0.15) is 12.1 Å². The Morgan fingerprint density at radius 1 is 1.41 bits per heavy atom. The van der Waals surface area contributed by atoms with E-state index in [-0.39, 0.29) is 18.7 Å². The first-order chi connectivity index (χ1) is 7.95. The van der Waals surface area contributed by atoms with Gasteiger partial charge < -0.3 is 5.11 Å². The molecule has 94 valence electrons. The number of nitrogens with zero attached hydrogens (tertiary/aromatic N) is 2. The zero-order valence-electron chi connectivity index (χ0n) is 9.11. The quantitative estimate of drug-likeness (QED) is 0.868. The van der Waals surface area contributed by atoms with Crippen LogP contribution in [0.25, 0.3) is 0 Å². The van der Waals surface area contributed by atoms with Gasteiger partial charge in [-0.3, -0.25) is 9.88 Å². The fraction of sp³-hybridized carbons (Fsp3) is 0.545. The highest BCUT2D eigenvalue weighted by atomic mass is 19.4. The first-order valence-electron chi connectivity index (χ1n) is 5.38. The Labute approximate surface area is 96.9 Å². The molecule has 0 spiro atoms. The largest absolute Gasteiger partial charge is 0.506 e. The Bertz CT molecular complexity index is 377. The smallest absolute Gasteiger partial charge is 0.393 e. The van der Waals surface area contributed by atoms with Crippen molar-refractivity contribution in [3.8, 4) is 5.75 Å². The van der Waals surface area contributed by atoms with Gasteiger partial charge in [0, 0.05) is 13.1 Å². The molecule has 3 nitrogen and oxygen atoms in total. The molecule has 1 fully saturated rings. The molecule has 6 heteroatoms. The number of pyridine rings is 1. The molecule has 1 N–H and O–H groups in total. The third kappa shape index (κ3) is 3.09. The molecule has 2 heterocycles. The number of alkyl halides is 3. The second-order valence-corrected chi connectivity index (χ2v) is 4.27. The molecule has 0 radical (unpaired) electrons. The molecule has 1 saturated heterocycles. The van der Waals surface area contributed by atoms with E-state index in [2.05, 4.69) is 4.98 Å². The van der Waals surface area contributed by atoms with Crippen molar-refractivity contribution in [1.82, 2.24) is 9.88 Å². The highest BCUT2D eigenvalue weighted by molar-refractivity contribution is 5.17. The standard InChI is InChI=1S/C11H13F3N2O/c12-11(13,14)8-3-4-16(6-8)7-9-1-2-10(17)5-15-9/h1-2,5,8,17H,3-4,6-7H2. The minimum Gasteiger partial charge on any atom is -0.506 e. The number of halogens is 3. The minimum atomic E-state index is -4.10. The summed E-state index contributed by atoms with van der Waals surface area (Å²) >= 11 is 0. The van der Waals surface area contributed by atoms with Gasteiger partial charge in [-0.1, -0.05) is 0 Å². The van der Waals surface area contributed by atoms with Crippen LogP contribution < -0.4 is 0 Å². The Morgan fingerprint density at radius 2 is 2.18 bits per heavy atom. The maximum absolute atomic E-state index is 12.5. The summed E-state index contributed by atoms with van der Waals surface area (Å²) in [4.78, 5) is 5.69. The lowest BCUT2D eigenvalue weighted by Gasteiger charge is -2.17. The average molecular weight is 246 g/mol. The number of rotatable bonds is 2. The van der Waals surface area contributed by atoms with Crippen LogP contribution in [0.5, 0.6) is 5.75 Å². The lowest BCUT2D eigenvalue weighted by Crippen LogP contribution is -2.27. The van der Waals surface area contributed by atoms with Gasteiger partial charge in [0.05, 0.1) is 17.8 Å². The lowest BCUT2D eigenvalue weighted by atomic mass is 10.1. The average Bonchev–Trinajstić information content (AvgIpc) is 2.69. The molecule has 17 heavy (non-hydrogen) atoms.